The van der Waals surface area contributed by atoms with Crippen LogP contribution in [0.15, 0.2) is 12.1 Å². The number of fused-ring (bicyclic) bond motifs is 1. The minimum atomic E-state index is -0.109. The number of hydrogen-bond donors (Lipinski definition) is 1. The molecule has 1 N–H and O–H groups in total. The van der Waals surface area contributed by atoms with Gasteiger partial charge in [-0.3, -0.25) is 0 Å². The van der Waals surface area contributed by atoms with E-state index < -0.39 is 0 Å². The maximum Gasteiger partial charge on any atom is 0.316 e. The van der Waals surface area contributed by atoms with Gasteiger partial charge in [0.15, 0.2) is 5.65 Å². The quantitative estimate of drug-likeness (QED) is 0.857. The number of aromatic nitrogens is 3. The lowest BCUT2D eigenvalue weighted by Gasteiger charge is -2.13. The Morgan fingerprint density at radius 2 is 2.14 bits per heavy atom. The Hall–Kier alpha value is -1.82. The lowest BCUT2D eigenvalue weighted by molar-refractivity contribution is 0.217. The molecule has 0 aromatic carbocycles. The summed E-state index contributed by atoms with van der Waals surface area (Å²) in [6, 6.07) is 3.80. The van der Waals surface area contributed by atoms with Crippen molar-refractivity contribution in [2.75, 3.05) is 26.5 Å². The highest BCUT2D eigenvalue weighted by atomic mass is 35.5. The van der Waals surface area contributed by atoms with Gasteiger partial charge in [0.1, 0.15) is 11.3 Å². The summed E-state index contributed by atoms with van der Waals surface area (Å²) < 4.78 is 2.03. The van der Waals surface area contributed by atoms with Crippen LogP contribution in [0.25, 0.3) is 11.2 Å². The molecule has 0 spiro atoms. The van der Waals surface area contributed by atoms with Crippen LogP contribution in [0.2, 0.25) is 0 Å². The predicted octanol–water partition coefficient (Wildman–Crippen LogP) is 1.79. The van der Waals surface area contributed by atoms with Gasteiger partial charge in [-0.1, -0.05) is 0 Å². The summed E-state index contributed by atoms with van der Waals surface area (Å²) in [5, 5.41) is 2.85. The maximum atomic E-state index is 11.6. The first-order chi connectivity index (χ1) is 10.0. The Morgan fingerprint density at radius 1 is 1.38 bits per heavy atom. The van der Waals surface area contributed by atoms with Crippen LogP contribution in [-0.2, 0) is 13.0 Å². The summed E-state index contributed by atoms with van der Waals surface area (Å²) in [4.78, 5) is 22.2. The number of urea groups is 1. The first-order valence-electron chi connectivity index (χ1n) is 6.87. The van der Waals surface area contributed by atoms with E-state index in [9.17, 15) is 4.79 Å². The van der Waals surface area contributed by atoms with E-state index in [1.165, 1.54) is 4.90 Å². The average Bonchev–Trinajstić information content (AvgIpc) is 2.76. The van der Waals surface area contributed by atoms with Crippen molar-refractivity contribution in [3.63, 3.8) is 0 Å². The van der Waals surface area contributed by atoms with Crippen molar-refractivity contribution in [3.05, 3.63) is 23.7 Å². The number of nitrogens with zero attached hydrogens (tertiary/aromatic N) is 4. The molecule has 0 bridgehead atoms. The molecule has 0 aliphatic rings. The summed E-state index contributed by atoms with van der Waals surface area (Å²) in [5.74, 6) is 1.41. The third kappa shape index (κ3) is 3.64. The Balaban J connectivity index is 2.21. The van der Waals surface area contributed by atoms with Gasteiger partial charge in [0.25, 0.3) is 0 Å². The van der Waals surface area contributed by atoms with Crippen LogP contribution in [0.1, 0.15) is 11.5 Å². The van der Waals surface area contributed by atoms with Crippen molar-refractivity contribution in [2.24, 2.45) is 0 Å². The predicted molar refractivity (Wildman–Crippen MR) is 83.8 cm³/mol. The molecule has 0 atom stereocenters. The standard InChI is InChI=1S/C14H20ClN5O/c1-10-4-5-11-13(17-10)20(12(18-11)6-7-15)9-8-16-14(21)19(2)3/h4-5H,6-9H2,1-3H3,(H,16,21). The number of aryl methyl sites for hydroxylation is 2. The third-order valence-corrected chi connectivity index (χ3v) is 3.34. The minimum Gasteiger partial charge on any atom is -0.336 e. The number of amides is 2. The lowest BCUT2D eigenvalue weighted by Crippen LogP contribution is -2.36. The topological polar surface area (TPSA) is 63.1 Å². The van der Waals surface area contributed by atoms with Crippen molar-refractivity contribution in [1.82, 2.24) is 24.8 Å². The molecule has 0 radical (unpaired) electrons. The fourth-order valence-corrected chi connectivity index (χ4v) is 2.26. The third-order valence-electron chi connectivity index (χ3n) is 3.15. The van der Waals surface area contributed by atoms with E-state index in [-0.39, 0.29) is 6.03 Å². The van der Waals surface area contributed by atoms with Crippen molar-refractivity contribution in [3.8, 4) is 0 Å². The van der Waals surface area contributed by atoms with E-state index in [1.54, 1.807) is 14.1 Å². The molecule has 2 amide bonds. The number of pyridine rings is 1. The highest BCUT2D eigenvalue weighted by Gasteiger charge is 2.12. The second-order valence-corrected chi connectivity index (χ2v) is 5.42. The molecule has 0 saturated heterocycles. The molecule has 0 fully saturated rings. The maximum absolute atomic E-state index is 11.6. The highest BCUT2D eigenvalue weighted by molar-refractivity contribution is 6.17. The van der Waals surface area contributed by atoms with Gasteiger partial charge in [-0.15, -0.1) is 11.6 Å². The van der Waals surface area contributed by atoms with E-state index in [0.717, 1.165) is 22.7 Å². The zero-order valence-corrected chi connectivity index (χ0v) is 13.3. The zero-order valence-electron chi connectivity index (χ0n) is 12.6. The number of hydrogen-bond acceptors (Lipinski definition) is 3. The van der Waals surface area contributed by atoms with Gasteiger partial charge < -0.3 is 14.8 Å². The molecule has 114 valence electrons. The second kappa shape index (κ2) is 6.76. The second-order valence-electron chi connectivity index (χ2n) is 5.04. The summed E-state index contributed by atoms with van der Waals surface area (Å²) in [5.41, 5.74) is 2.65. The Labute approximate surface area is 129 Å². The van der Waals surface area contributed by atoms with Crippen LogP contribution in [0.4, 0.5) is 4.79 Å². The van der Waals surface area contributed by atoms with Crippen LogP contribution >= 0.6 is 11.6 Å². The number of alkyl halides is 1. The van der Waals surface area contributed by atoms with Gasteiger partial charge in [-0.2, -0.15) is 0 Å². The Bertz CT molecular complexity index is 638. The summed E-state index contributed by atoms with van der Waals surface area (Å²) in [6.07, 6.45) is 0.679. The zero-order chi connectivity index (χ0) is 15.4. The molecule has 0 unspecified atom stereocenters. The summed E-state index contributed by atoms with van der Waals surface area (Å²) >= 11 is 5.84. The minimum absolute atomic E-state index is 0.109. The van der Waals surface area contributed by atoms with E-state index in [1.807, 2.05) is 23.6 Å². The lowest BCUT2D eigenvalue weighted by atomic mass is 10.3. The molecule has 2 heterocycles. The van der Waals surface area contributed by atoms with E-state index in [4.69, 9.17) is 11.6 Å². The van der Waals surface area contributed by atoms with E-state index in [0.29, 0.717) is 25.4 Å². The molecule has 0 aliphatic carbocycles. The van der Waals surface area contributed by atoms with Gasteiger partial charge in [0.2, 0.25) is 0 Å². The van der Waals surface area contributed by atoms with Crippen LogP contribution in [0.5, 0.6) is 0 Å². The van der Waals surface area contributed by atoms with Crippen LogP contribution in [-0.4, -0.2) is 52.0 Å². The summed E-state index contributed by atoms with van der Waals surface area (Å²) in [7, 11) is 3.43. The fraction of sp³-hybridized carbons (Fsp3) is 0.500. The van der Waals surface area contributed by atoms with E-state index >= 15 is 0 Å². The number of halogens is 1. The van der Waals surface area contributed by atoms with Gasteiger partial charge in [-0.25, -0.2) is 14.8 Å². The van der Waals surface area contributed by atoms with Gasteiger partial charge in [-0.05, 0) is 19.1 Å². The molecular weight excluding hydrogens is 290 g/mol. The van der Waals surface area contributed by atoms with Gasteiger partial charge >= 0.3 is 6.03 Å². The SMILES string of the molecule is Cc1ccc2nc(CCCl)n(CCNC(=O)N(C)C)c2n1. The van der Waals surface area contributed by atoms with E-state index in [2.05, 4.69) is 15.3 Å². The monoisotopic (exact) mass is 309 g/mol. The number of nitrogens with one attached hydrogen (secondary N) is 1. The van der Waals surface area contributed by atoms with Crippen molar-refractivity contribution >= 4 is 28.8 Å². The molecule has 0 saturated carbocycles. The number of carbonyl (C=O) groups excluding carboxylic acids is 1. The first-order valence-corrected chi connectivity index (χ1v) is 7.40. The molecule has 2 aromatic rings. The first kappa shape index (κ1) is 15.6. The van der Waals surface area contributed by atoms with Crippen LogP contribution in [0, 0.1) is 6.92 Å². The number of carbonyl (C=O) groups is 1. The Morgan fingerprint density at radius 3 is 2.81 bits per heavy atom. The smallest absolute Gasteiger partial charge is 0.316 e. The molecule has 6 nitrogen and oxygen atoms in total. The largest absolute Gasteiger partial charge is 0.336 e. The molecule has 2 rings (SSSR count). The van der Waals surface area contributed by atoms with Crippen LogP contribution in [0.3, 0.4) is 0 Å². The number of imidazole rings is 1. The highest BCUT2D eigenvalue weighted by Crippen LogP contribution is 2.15. The molecular formula is C14H20ClN5O. The van der Waals surface area contributed by atoms with Crippen LogP contribution < -0.4 is 5.32 Å². The molecule has 21 heavy (non-hydrogen) atoms. The van der Waals surface area contributed by atoms with Crippen molar-refractivity contribution in [1.29, 1.82) is 0 Å². The number of rotatable bonds is 5. The van der Waals surface area contributed by atoms with Gasteiger partial charge in [0, 0.05) is 45.2 Å². The average molecular weight is 310 g/mol. The molecule has 0 aliphatic heterocycles. The Kier molecular flexibility index (Phi) is 5.01. The van der Waals surface area contributed by atoms with Crippen molar-refractivity contribution in [2.45, 2.75) is 19.9 Å². The fourth-order valence-electron chi connectivity index (χ4n) is 2.09. The van der Waals surface area contributed by atoms with Gasteiger partial charge in [0.05, 0.1) is 0 Å². The van der Waals surface area contributed by atoms with Crippen molar-refractivity contribution < 1.29 is 4.79 Å². The molecule has 2 aromatic heterocycles. The summed E-state index contributed by atoms with van der Waals surface area (Å²) in [6.45, 7) is 3.10. The molecule has 7 heteroatoms. The normalized spacial score (nSPS) is 10.9.